The zero-order valence-electron chi connectivity index (χ0n) is 10.9. The van der Waals surface area contributed by atoms with Gasteiger partial charge >= 0.3 is 0 Å². The second-order valence-corrected chi connectivity index (χ2v) is 4.78. The van der Waals surface area contributed by atoms with Crippen molar-refractivity contribution in [2.45, 2.75) is 19.8 Å². The molecule has 0 aliphatic carbocycles. The fourth-order valence-corrected chi connectivity index (χ4v) is 2.05. The zero-order chi connectivity index (χ0) is 13.7. The highest BCUT2D eigenvalue weighted by molar-refractivity contribution is 7.80. The van der Waals surface area contributed by atoms with Crippen LogP contribution in [0.25, 0.3) is 0 Å². The number of aromatic nitrogens is 1. The Morgan fingerprint density at radius 2 is 2.00 bits per heavy atom. The summed E-state index contributed by atoms with van der Waals surface area (Å²) in [7, 11) is 0. The zero-order valence-corrected chi connectivity index (χ0v) is 11.7. The minimum absolute atomic E-state index is 0.346. The summed E-state index contributed by atoms with van der Waals surface area (Å²) in [6.07, 6.45) is 3.97. The molecule has 0 unspecified atom stereocenters. The molecular weight excluding hydrogens is 254 g/mol. The standard InChI is InChI=1S/C15H17N3S/c1-2-4-11-6-8-12(9-7-11)18-15-13(14(16)19)5-3-10-17-15/h3,5-10H,2,4H2,1H3,(H2,16,19)(H,17,18). The maximum Gasteiger partial charge on any atom is 0.140 e. The molecule has 98 valence electrons. The number of nitrogens with two attached hydrogens (primary N) is 1. The molecule has 0 saturated heterocycles. The van der Waals surface area contributed by atoms with Crippen LogP contribution < -0.4 is 11.1 Å². The molecule has 0 aliphatic rings. The molecule has 0 atom stereocenters. The van der Waals surface area contributed by atoms with Gasteiger partial charge < -0.3 is 11.1 Å². The summed E-state index contributed by atoms with van der Waals surface area (Å²) < 4.78 is 0. The fraction of sp³-hybridized carbons (Fsp3) is 0.200. The molecule has 0 fully saturated rings. The van der Waals surface area contributed by atoms with Crippen LogP contribution >= 0.6 is 12.2 Å². The Bertz CT molecular complexity index is 564. The molecule has 0 aliphatic heterocycles. The van der Waals surface area contributed by atoms with Crippen molar-refractivity contribution in [2.24, 2.45) is 5.73 Å². The van der Waals surface area contributed by atoms with Gasteiger partial charge in [-0.3, -0.25) is 0 Å². The average Bonchev–Trinajstić information content (AvgIpc) is 2.42. The first-order chi connectivity index (χ1) is 9.20. The van der Waals surface area contributed by atoms with E-state index < -0.39 is 0 Å². The molecule has 19 heavy (non-hydrogen) atoms. The number of aryl methyl sites for hydroxylation is 1. The molecule has 0 saturated carbocycles. The van der Waals surface area contributed by atoms with Crippen LogP contribution in [0.5, 0.6) is 0 Å². The van der Waals surface area contributed by atoms with Crippen molar-refractivity contribution >= 4 is 28.7 Å². The van der Waals surface area contributed by atoms with E-state index in [1.54, 1.807) is 6.20 Å². The number of nitrogens with one attached hydrogen (secondary N) is 1. The molecule has 1 aromatic carbocycles. The van der Waals surface area contributed by atoms with Gasteiger partial charge in [0.15, 0.2) is 0 Å². The topological polar surface area (TPSA) is 50.9 Å². The highest BCUT2D eigenvalue weighted by Crippen LogP contribution is 2.19. The van der Waals surface area contributed by atoms with E-state index in [-0.39, 0.29) is 0 Å². The van der Waals surface area contributed by atoms with Crippen molar-refractivity contribution in [1.29, 1.82) is 0 Å². The van der Waals surface area contributed by atoms with Crippen molar-refractivity contribution in [3.8, 4) is 0 Å². The molecular formula is C15H17N3S. The largest absolute Gasteiger partial charge is 0.389 e. The van der Waals surface area contributed by atoms with Crippen LogP contribution in [0, 0.1) is 0 Å². The van der Waals surface area contributed by atoms with Crippen molar-refractivity contribution in [1.82, 2.24) is 4.98 Å². The first-order valence-corrected chi connectivity index (χ1v) is 6.72. The van der Waals surface area contributed by atoms with E-state index in [1.807, 2.05) is 24.3 Å². The molecule has 0 amide bonds. The van der Waals surface area contributed by atoms with E-state index in [2.05, 4.69) is 29.4 Å². The van der Waals surface area contributed by atoms with E-state index in [4.69, 9.17) is 18.0 Å². The number of hydrogen-bond donors (Lipinski definition) is 2. The van der Waals surface area contributed by atoms with Gasteiger partial charge in [0.1, 0.15) is 10.8 Å². The lowest BCUT2D eigenvalue weighted by Gasteiger charge is -2.10. The van der Waals surface area contributed by atoms with Crippen molar-refractivity contribution < 1.29 is 0 Å². The summed E-state index contributed by atoms with van der Waals surface area (Å²) in [6, 6.07) is 12.0. The number of thiocarbonyl (C=S) groups is 1. The number of hydrogen-bond acceptors (Lipinski definition) is 3. The monoisotopic (exact) mass is 271 g/mol. The molecule has 0 radical (unpaired) electrons. The second-order valence-electron chi connectivity index (χ2n) is 4.34. The van der Waals surface area contributed by atoms with Gasteiger partial charge in [0.25, 0.3) is 0 Å². The predicted molar refractivity (Wildman–Crippen MR) is 83.8 cm³/mol. The van der Waals surface area contributed by atoms with E-state index in [0.29, 0.717) is 10.8 Å². The van der Waals surface area contributed by atoms with Gasteiger partial charge in [-0.15, -0.1) is 0 Å². The number of anilines is 2. The molecule has 4 heteroatoms. The first-order valence-electron chi connectivity index (χ1n) is 6.31. The van der Waals surface area contributed by atoms with Crippen molar-refractivity contribution in [2.75, 3.05) is 5.32 Å². The summed E-state index contributed by atoms with van der Waals surface area (Å²) >= 11 is 5.02. The lowest BCUT2D eigenvalue weighted by Crippen LogP contribution is -2.12. The summed E-state index contributed by atoms with van der Waals surface area (Å²) in [5.41, 5.74) is 8.76. The normalized spacial score (nSPS) is 10.2. The van der Waals surface area contributed by atoms with Crippen LogP contribution in [0.1, 0.15) is 24.5 Å². The number of nitrogens with zero attached hydrogens (tertiary/aromatic N) is 1. The van der Waals surface area contributed by atoms with Crippen LogP contribution in [-0.4, -0.2) is 9.97 Å². The average molecular weight is 271 g/mol. The van der Waals surface area contributed by atoms with E-state index in [1.165, 1.54) is 5.56 Å². The highest BCUT2D eigenvalue weighted by Gasteiger charge is 2.05. The van der Waals surface area contributed by atoms with E-state index in [0.717, 1.165) is 24.1 Å². The van der Waals surface area contributed by atoms with E-state index in [9.17, 15) is 0 Å². The molecule has 3 N–H and O–H groups in total. The van der Waals surface area contributed by atoms with Crippen LogP contribution in [0.2, 0.25) is 0 Å². The first kappa shape index (κ1) is 13.5. The van der Waals surface area contributed by atoms with Crippen LogP contribution in [-0.2, 0) is 6.42 Å². The Hall–Kier alpha value is -1.94. The molecule has 1 heterocycles. The third kappa shape index (κ3) is 3.51. The number of pyridine rings is 1. The molecule has 2 aromatic rings. The maximum atomic E-state index is 5.68. The summed E-state index contributed by atoms with van der Waals surface area (Å²) in [4.78, 5) is 4.62. The van der Waals surface area contributed by atoms with Gasteiger partial charge in [0, 0.05) is 11.9 Å². The van der Waals surface area contributed by atoms with Crippen LogP contribution in [0.3, 0.4) is 0 Å². The van der Waals surface area contributed by atoms with Gasteiger partial charge in [-0.2, -0.15) is 0 Å². The molecule has 0 bridgehead atoms. The highest BCUT2D eigenvalue weighted by atomic mass is 32.1. The van der Waals surface area contributed by atoms with Gasteiger partial charge in [0.2, 0.25) is 0 Å². The number of rotatable bonds is 5. The van der Waals surface area contributed by atoms with Crippen LogP contribution in [0.15, 0.2) is 42.6 Å². The Kier molecular flexibility index (Phi) is 4.47. The van der Waals surface area contributed by atoms with Gasteiger partial charge in [-0.05, 0) is 36.2 Å². The Balaban J connectivity index is 2.19. The van der Waals surface area contributed by atoms with Crippen molar-refractivity contribution in [3.63, 3.8) is 0 Å². The predicted octanol–water partition coefficient (Wildman–Crippen LogP) is 3.41. The maximum absolute atomic E-state index is 5.68. The lowest BCUT2D eigenvalue weighted by atomic mass is 10.1. The third-order valence-corrected chi connectivity index (χ3v) is 3.05. The molecule has 1 aromatic heterocycles. The van der Waals surface area contributed by atoms with Gasteiger partial charge in [-0.25, -0.2) is 4.98 Å². The minimum Gasteiger partial charge on any atom is -0.389 e. The smallest absolute Gasteiger partial charge is 0.140 e. The number of benzene rings is 1. The Morgan fingerprint density at radius 1 is 1.26 bits per heavy atom. The summed E-state index contributed by atoms with van der Waals surface area (Å²) in [5, 5.41) is 3.24. The third-order valence-electron chi connectivity index (χ3n) is 2.83. The Morgan fingerprint density at radius 3 is 2.63 bits per heavy atom. The second kappa shape index (κ2) is 6.29. The molecule has 2 rings (SSSR count). The summed E-state index contributed by atoms with van der Waals surface area (Å²) in [5.74, 6) is 0.693. The SMILES string of the molecule is CCCc1ccc(Nc2ncccc2C(N)=S)cc1. The molecule has 3 nitrogen and oxygen atoms in total. The lowest BCUT2D eigenvalue weighted by molar-refractivity contribution is 0.922. The molecule has 0 spiro atoms. The van der Waals surface area contributed by atoms with Gasteiger partial charge in [-0.1, -0.05) is 37.7 Å². The van der Waals surface area contributed by atoms with Crippen LogP contribution in [0.4, 0.5) is 11.5 Å². The fourth-order valence-electron chi connectivity index (χ4n) is 1.88. The summed E-state index contributed by atoms with van der Waals surface area (Å²) in [6.45, 7) is 2.18. The Labute approximate surface area is 118 Å². The minimum atomic E-state index is 0.346. The van der Waals surface area contributed by atoms with Gasteiger partial charge in [0.05, 0.1) is 5.56 Å². The van der Waals surface area contributed by atoms with E-state index >= 15 is 0 Å². The van der Waals surface area contributed by atoms with Crippen molar-refractivity contribution in [3.05, 3.63) is 53.7 Å². The quantitative estimate of drug-likeness (QED) is 0.818.